The van der Waals surface area contributed by atoms with Crippen LogP contribution < -0.4 is 9.47 Å². The number of fused-ring (bicyclic) bond motifs is 2. The lowest BCUT2D eigenvalue weighted by Gasteiger charge is -2.57. The number of methoxy groups -OCH3 is 2. The van der Waals surface area contributed by atoms with Crippen LogP contribution in [-0.4, -0.2) is 30.4 Å². The molecule has 0 aromatic heterocycles. The predicted octanol–water partition coefficient (Wildman–Crippen LogP) is 3.61. The Hall–Kier alpha value is -1.85. The molecule has 0 spiro atoms. The Kier molecular flexibility index (Phi) is 3.66. The second-order valence-electron chi connectivity index (χ2n) is 5.77. The summed E-state index contributed by atoms with van der Waals surface area (Å²) >= 11 is 8.10. The molecule has 124 valence electrons. The number of carbonyl (C=O) groups excluding carboxylic acids is 1. The predicted molar refractivity (Wildman–Crippen MR) is 93.7 cm³/mol. The first-order valence-corrected chi connectivity index (χ1v) is 8.82. The maximum absolute atomic E-state index is 12.4. The van der Waals surface area contributed by atoms with Gasteiger partial charge in [-0.2, -0.15) is 0 Å². The summed E-state index contributed by atoms with van der Waals surface area (Å²) < 4.78 is 10.8. The van der Waals surface area contributed by atoms with Gasteiger partial charge in [-0.25, -0.2) is 0 Å². The largest absolute Gasteiger partial charge is 0.493 e. The van der Waals surface area contributed by atoms with Gasteiger partial charge < -0.3 is 14.4 Å². The molecule has 4 rings (SSSR count). The van der Waals surface area contributed by atoms with E-state index in [2.05, 4.69) is 0 Å². The maximum Gasteiger partial charge on any atom is 0.246 e. The lowest BCUT2D eigenvalue weighted by Crippen LogP contribution is -2.68. The van der Waals surface area contributed by atoms with E-state index in [0.29, 0.717) is 18.0 Å². The number of hydrogen-bond acceptors (Lipinski definition) is 4. The second-order valence-corrected chi connectivity index (χ2v) is 7.47. The van der Waals surface area contributed by atoms with Crippen molar-refractivity contribution in [2.75, 3.05) is 14.2 Å². The molecule has 2 aromatic carbocycles. The van der Waals surface area contributed by atoms with Crippen molar-refractivity contribution in [3.8, 4) is 11.5 Å². The number of nitrogens with zero attached hydrogens (tertiary/aromatic N) is 1. The average molecular weight is 362 g/mol. The van der Waals surface area contributed by atoms with Crippen molar-refractivity contribution >= 4 is 29.3 Å². The summed E-state index contributed by atoms with van der Waals surface area (Å²) in [7, 11) is 3.23. The molecular formula is C18H16ClNO3S. The summed E-state index contributed by atoms with van der Waals surface area (Å²) in [5.74, 6) is 1.31. The van der Waals surface area contributed by atoms with E-state index in [0.717, 1.165) is 16.0 Å². The smallest absolute Gasteiger partial charge is 0.246 e. The summed E-state index contributed by atoms with van der Waals surface area (Å²) in [6, 6.07) is 13.8. The first-order valence-electron chi connectivity index (χ1n) is 7.57. The summed E-state index contributed by atoms with van der Waals surface area (Å²) in [5.41, 5.74) is 2.08. The molecule has 2 aliphatic heterocycles. The van der Waals surface area contributed by atoms with Crippen LogP contribution in [0.5, 0.6) is 11.5 Å². The Balaban J connectivity index is 1.84. The highest BCUT2D eigenvalue weighted by atomic mass is 35.5. The van der Waals surface area contributed by atoms with Gasteiger partial charge in [-0.3, -0.25) is 4.79 Å². The number of hydrogen-bond donors (Lipinski definition) is 0. The molecule has 6 heteroatoms. The lowest BCUT2D eigenvalue weighted by atomic mass is 9.91. The van der Waals surface area contributed by atoms with Gasteiger partial charge in [0.05, 0.1) is 14.2 Å². The SMILES string of the molecule is COc1cc2c(cc1OC)S[C@@]1(c3ccccc3)[C@H](Cl)C(=O)N1C2. The molecule has 1 amide bonds. The van der Waals surface area contributed by atoms with Crippen LogP contribution in [0.15, 0.2) is 47.4 Å². The minimum Gasteiger partial charge on any atom is -0.493 e. The van der Waals surface area contributed by atoms with Crippen molar-refractivity contribution in [3.05, 3.63) is 53.6 Å². The first-order chi connectivity index (χ1) is 11.6. The third kappa shape index (κ3) is 1.98. The third-order valence-corrected chi connectivity index (χ3v) is 6.81. The van der Waals surface area contributed by atoms with Crippen molar-refractivity contribution in [1.29, 1.82) is 0 Å². The van der Waals surface area contributed by atoms with Crippen LogP contribution in [0, 0.1) is 0 Å². The molecule has 0 N–H and O–H groups in total. The summed E-state index contributed by atoms with van der Waals surface area (Å²) in [6.07, 6.45) is 0. The van der Waals surface area contributed by atoms with Crippen LogP contribution in [0.3, 0.4) is 0 Å². The highest BCUT2D eigenvalue weighted by molar-refractivity contribution is 8.00. The Labute approximate surface area is 149 Å². The van der Waals surface area contributed by atoms with Crippen LogP contribution in [-0.2, 0) is 16.2 Å². The van der Waals surface area contributed by atoms with Gasteiger partial charge in [0.2, 0.25) is 5.91 Å². The normalized spacial score (nSPS) is 24.7. The first kappa shape index (κ1) is 15.7. The Morgan fingerprint density at radius 3 is 2.50 bits per heavy atom. The monoisotopic (exact) mass is 361 g/mol. The number of carbonyl (C=O) groups is 1. The van der Waals surface area contributed by atoms with E-state index >= 15 is 0 Å². The highest BCUT2D eigenvalue weighted by Crippen LogP contribution is 2.60. The van der Waals surface area contributed by atoms with E-state index in [9.17, 15) is 4.79 Å². The van der Waals surface area contributed by atoms with Crippen LogP contribution in [0.25, 0.3) is 0 Å². The molecule has 1 saturated heterocycles. The molecular weight excluding hydrogens is 346 g/mol. The van der Waals surface area contributed by atoms with Gasteiger partial charge in [-0.15, -0.1) is 11.6 Å². The van der Waals surface area contributed by atoms with Crippen molar-refractivity contribution in [3.63, 3.8) is 0 Å². The average Bonchev–Trinajstić information content (AvgIpc) is 2.65. The van der Waals surface area contributed by atoms with Crippen LogP contribution in [0.2, 0.25) is 0 Å². The van der Waals surface area contributed by atoms with Gasteiger partial charge in [0.1, 0.15) is 10.2 Å². The number of amides is 1. The molecule has 2 atom stereocenters. The van der Waals surface area contributed by atoms with Crippen LogP contribution >= 0.6 is 23.4 Å². The second kappa shape index (κ2) is 5.60. The molecule has 0 saturated carbocycles. The fraction of sp³-hybridized carbons (Fsp3) is 0.278. The van der Waals surface area contributed by atoms with E-state index in [-0.39, 0.29) is 5.91 Å². The van der Waals surface area contributed by atoms with E-state index < -0.39 is 10.2 Å². The molecule has 4 nitrogen and oxygen atoms in total. The number of benzene rings is 2. The molecule has 2 heterocycles. The number of rotatable bonds is 3. The van der Waals surface area contributed by atoms with Crippen molar-refractivity contribution in [2.24, 2.45) is 0 Å². The zero-order valence-electron chi connectivity index (χ0n) is 13.3. The zero-order chi connectivity index (χ0) is 16.9. The number of alkyl halides is 1. The number of β-lactam (4-membered cyclic amide) rings is 1. The topological polar surface area (TPSA) is 38.8 Å². The summed E-state index contributed by atoms with van der Waals surface area (Å²) in [6.45, 7) is 0.514. The van der Waals surface area contributed by atoms with Crippen LogP contribution in [0.1, 0.15) is 11.1 Å². The standard InChI is InChI=1S/C18H16ClNO3S/c1-22-13-8-11-10-20-17(21)16(19)18(20,12-6-4-3-5-7-12)24-15(11)9-14(13)23-2/h3-9,16H,10H2,1-2H3/t16-,18+/m1/s1. The summed E-state index contributed by atoms with van der Waals surface area (Å²) in [5, 5.41) is -0.578. The quantitative estimate of drug-likeness (QED) is 0.618. The molecule has 24 heavy (non-hydrogen) atoms. The summed E-state index contributed by atoms with van der Waals surface area (Å²) in [4.78, 5) is 14.7. The molecule has 0 bridgehead atoms. The van der Waals surface area contributed by atoms with Crippen molar-refractivity contribution < 1.29 is 14.3 Å². The van der Waals surface area contributed by atoms with Gasteiger partial charge in [0.15, 0.2) is 11.5 Å². The highest BCUT2D eigenvalue weighted by Gasteiger charge is 2.63. The fourth-order valence-electron chi connectivity index (χ4n) is 3.34. The van der Waals surface area contributed by atoms with Gasteiger partial charge in [-0.05, 0) is 23.3 Å². The van der Waals surface area contributed by atoms with E-state index in [4.69, 9.17) is 21.1 Å². The lowest BCUT2D eigenvalue weighted by molar-refractivity contribution is -0.149. The van der Waals surface area contributed by atoms with E-state index in [1.165, 1.54) is 0 Å². The minimum atomic E-state index is -0.578. The number of halogens is 1. The number of thioether (sulfide) groups is 1. The molecule has 2 aliphatic rings. The van der Waals surface area contributed by atoms with Crippen LogP contribution in [0.4, 0.5) is 0 Å². The molecule has 2 aromatic rings. The Morgan fingerprint density at radius 2 is 1.83 bits per heavy atom. The van der Waals surface area contributed by atoms with Gasteiger partial charge in [0, 0.05) is 11.4 Å². The van der Waals surface area contributed by atoms with E-state index in [1.807, 2.05) is 47.4 Å². The number of ether oxygens (including phenoxy) is 2. The molecule has 0 unspecified atom stereocenters. The zero-order valence-corrected chi connectivity index (χ0v) is 14.9. The van der Waals surface area contributed by atoms with Gasteiger partial charge in [0.25, 0.3) is 0 Å². The molecule has 0 aliphatic carbocycles. The maximum atomic E-state index is 12.4. The molecule has 1 fully saturated rings. The third-order valence-electron chi connectivity index (χ3n) is 4.58. The van der Waals surface area contributed by atoms with E-state index in [1.54, 1.807) is 26.0 Å². The van der Waals surface area contributed by atoms with Gasteiger partial charge >= 0.3 is 0 Å². The Bertz CT molecular complexity index is 813. The van der Waals surface area contributed by atoms with Crippen molar-refractivity contribution in [2.45, 2.75) is 21.7 Å². The fourth-order valence-corrected chi connectivity index (χ4v) is 5.31. The Morgan fingerprint density at radius 1 is 1.17 bits per heavy atom. The molecule has 0 radical (unpaired) electrons. The van der Waals surface area contributed by atoms with Gasteiger partial charge in [-0.1, -0.05) is 42.1 Å². The minimum absolute atomic E-state index is 0.0338. The van der Waals surface area contributed by atoms with Crippen molar-refractivity contribution in [1.82, 2.24) is 4.90 Å².